The van der Waals surface area contributed by atoms with Gasteiger partial charge in [0, 0.05) is 23.0 Å². The average Bonchev–Trinajstić information content (AvgIpc) is 2.49. The summed E-state index contributed by atoms with van der Waals surface area (Å²) in [5.74, 6) is 1.53. The molecule has 0 unspecified atom stereocenters. The third-order valence-corrected chi connectivity index (χ3v) is 3.37. The molecule has 1 aromatic heterocycles. The number of hydrogen-bond donors (Lipinski definition) is 0. The maximum absolute atomic E-state index is 5.88. The van der Waals surface area contributed by atoms with Crippen LogP contribution in [0.3, 0.4) is 0 Å². The van der Waals surface area contributed by atoms with Gasteiger partial charge in [0.2, 0.25) is 0 Å². The minimum Gasteiger partial charge on any atom is -0.494 e. The standard InChI is InChI=1S/C16H13ClN2O/c1-20-14-4-2-3-12-10-18-15(19-16(12)14)9-11-5-7-13(17)8-6-11/h2-8,10H,9H2,1H3. The number of nitrogens with zero attached hydrogens (tertiary/aromatic N) is 2. The molecule has 0 amide bonds. The van der Waals surface area contributed by atoms with Crippen LogP contribution in [0, 0.1) is 0 Å². The summed E-state index contributed by atoms with van der Waals surface area (Å²) in [5.41, 5.74) is 1.97. The minimum absolute atomic E-state index is 0.672. The number of methoxy groups -OCH3 is 1. The van der Waals surface area contributed by atoms with Gasteiger partial charge in [0.25, 0.3) is 0 Å². The van der Waals surface area contributed by atoms with Crippen LogP contribution in [0.25, 0.3) is 10.9 Å². The smallest absolute Gasteiger partial charge is 0.145 e. The number of ether oxygens (including phenoxy) is 1. The molecule has 0 saturated heterocycles. The van der Waals surface area contributed by atoms with Crippen LogP contribution in [-0.4, -0.2) is 17.1 Å². The van der Waals surface area contributed by atoms with E-state index in [0.717, 1.165) is 33.1 Å². The molecule has 0 saturated carbocycles. The van der Waals surface area contributed by atoms with E-state index in [-0.39, 0.29) is 0 Å². The lowest BCUT2D eigenvalue weighted by molar-refractivity contribution is 0.418. The Morgan fingerprint density at radius 2 is 1.90 bits per heavy atom. The van der Waals surface area contributed by atoms with Gasteiger partial charge in [-0.1, -0.05) is 35.9 Å². The molecule has 0 fully saturated rings. The van der Waals surface area contributed by atoms with Gasteiger partial charge in [0.15, 0.2) is 0 Å². The fraction of sp³-hybridized carbons (Fsp3) is 0.125. The molecule has 3 rings (SSSR count). The van der Waals surface area contributed by atoms with Crippen molar-refractivity contribution in [3.8, 4) is 5.75 Å². The Balaban J connectivity index is 1.98. The van der Waals surface area contributed by atoms with Crippen molar-refractivity contribution in [2.45, 2.75) is 6.42 Å². The van der Waals surface area contributed by atoms with Crippen LogP contribution >= 0.6 is 11.6 Å². The predicted molar refractivity (Wildman–Crippen MR) is 80.3 cm³/mol. The molecule has 4 heteroatoms. The number of halogens is 1. The Labute approximate surface area is 122 Å². The van der Waals surface area contributed by atoms with Gasteiger partial charge < -0.3 is 4.74 Å². The highest BCUT2D eigenvalue weighted by atomic mass is 35.5. The van der Waals surface area contributed by atoms with E-state index in [2.05, 4.69) is 9.97 Å². The van der Waals surface area contributed by atoms with E-state index in [1.807, 2.05) is 48.7 Å². The summed E-state index contributed by atoms with van der Waals surface area (Å²) < 4.78 is 5.34. The first-order valence-electron chi connectivity index (χ1n) is 6.29. The molecule has 20 heavy (non-hydrogen) atoms. The summed E-state index contributed by atoms with van der Waals surface area (Å²) >= 11 is 5.88. The zero-order valence-electron chi connectivity index (χ0n) is 11.0. The summed E-state index contributed by atoms with van der Waals surface area (Å²) in [6, 6.07) is 13.5. The molecule has 0 aliphatic carbocycles. The van der Waals surface area contributed by atoms with Gasteiger partial charge in [-0.05, 0) is 23.8 Å². The predicted octanol–water partition coefficient (Wildman–Crippen LogP) is 3.88. The van der Waals surface area contributed by atoms with E-state index in [4.69, 9.17) is 16.3 Å². The van der Waals surface area contributed by atoms with E-state index < -0.39 is 0 Å². The van der Waals surface area contributed by atoms with Crippen molar-refractivity contribution in [3.63, 3.8) is 0 Å². The Bertz CT molecular complexity index is 741. The average molecular weight is 285 g/mol. The van der Waals surface area contributed by atoms with Crippen molar-refractivity contribution in [1.29, 1.82) is 0 Å². The second kappa shape index (κ2) is 5.47. The maximum atomic E-state index is 5.88. The van der Waals surface area contributed by atoms with Gasteiger partial charge in [-0.25, -0.2) is 9.97 Å². The Kier molecular flexibility index (Phi) is 3.52. The normalized spacial score (nSPS) is 10.7. The first-order valence-corrected chi connectivity index (χ1v) is 6.67. The van der Waals surface area contributed by atoms with Crippen LogP contribution in [0.15, 0.2) is 48.7 Å². The second-order valence-electron chi connectivity index (χ2n) is 4.49. The lowest BCUT2D eigenvalue weighted by Crippen LogP contribution is -1.98. The lowest BCUT2D eigenvalue weighted by atomic mass is 10.1. The molecule has 0 spiro atoms. The first kappa shape index (κ1) is 12.9. The molecule has 3 nitrogen and oxygen atoms in total. The molecule has 0 aliphatic heterocycles. The first-order chi connectivity index (χ1) is 9.76. The number of rotatable bonds is 3. The fourth-order valence-corrected chi connectivity index (χ4v) is 2.23. The van der Waals surface area contributed by atoms with E-state index in [9.17, 15) is 0 Å². The highest BCUT2D eigenvalue weighted by Gasteiger charge is 2.06. The molecule has 0 N–H and O–H groups in total. The minimum atomic E-state index is 0.672. The zero-order chi connectivity index (χ0) is 13.9. The van der Waals surface area contributed by atoms with E-state index in [1.165, 1.54) is 0 Å². The van der Waals surface area contributed by atoms with Gasteiger partial charge in [-0.15, -0.1) is 0 Å². The zero-order valence-corrected chi connectivity index (χ0v) is 11.8. The lowest BCUT2D eigenvalue weighted by Gasteiger charge is -2.06. The topological polar surface area (TPSA) is 35.0 Å². The summed E-state index contributed by atoms with van der Waals surface area (Å²) in [6.07, 6.45) is 2.50. The van der Waals surface area contributed by atoms with Gasteiger partial charge in [-0.2, -0.15) is 0 Å². The molecular formula is C16H13ClN2O. The second-order valence-corrected chi connectivity index (χ2v) is 4.92. The number of hydrogen-bond acceptors (Lipinski definition) is 3. The summed E-state index contributed by atoms with van der Waals surface area (Å²) in [6.45, 7) is 0. The Morgan fingerprint density at radius 1 is 1.10 bits per heavy atom. The molecule has 0 radical (unpaired) electrons. The molecule has 0 bridgehead atoms. The number of para-hydroxylation sites is 1. The summed E-state index contributed by atoms with van der Waals surface area (Å²) in [7, 11) is 1.65. The van der Waals surface area contributed by atoms with E-state index >= 15 is 0 Å². The van der Waals surface area contributed by atoms with E-state index in [1.54, 1.807) is 7.11 Å². The summed E-state index contributed by atoms with van der Waals surface area (Å²) in [5, 5.41) is 1.71. The monoisotopic (exact) mass is 284 g/mol. The molecule has 2 aromatic carbocycles. The van der Waals surface area contributed by atoms with Crippen molar-refractivity contribution in [2.75, 3.05) is 7.11 Å². The third-order valence-electron chi connectivity index (χ3n) is 3.12. The van der Waals surface area contributed by atoms with Gasteiger partial charge in [0.1, 0.15) is 17.1 Å². The van der Waals surface area contributed by atoms with Crippen LogP contribution in [0.2, 0.25) is 5.02 Å². The highest BCUT2D eigenvalue weighted by Crippen LogP contribution is 2.23. The van der Waals surface area contributed by atoms with Crippen LogP contribution in [0.1, 0.15) is 11.4 Å². The molecule has 0 atom stereocenters. The van der Waals surface area contributed by atoms with Crippen molar-refractivity contribution in [3.05, 3.63) is 65.1 Å². The van der Waals surface area contributed by atoms with Gasteiger partial charge in [0.05, 0.1) is 7.11 Å². The largest absolute Gasteiger partial charge is 0.494 e. The van der Waals surface area contributed by atoms with Crippen LogP contribution in [0.5, 0.6) is 5.75 Å². The van der Waals surface area contributed by atoms with Crippen LogP contribution < -0.4 is 4.74 Å². The quantitative estimate of drug-likeness (QED) is 0.732. The van der Waals surface area contributed by atoms with Gasteiger partial charge >= 0.3 is 0 Å². The molecule has 1 heterocycles. The van der Waals surface area contributed by atoms with Crippen molar-refractivity contribution < 1.29 is 4.74 Å². The Hall–Kier alpha value is -2.13. The number of fused-ring (bicyclic) bond motifs is 1. The summed E-state index contributed by atoms with van der Waals surface area (Å²) in [4.78, 5) is 8.99. The Morgan fingerprint density at radius 3 is 2.65 bits per heavy atom. The number of aromatic nitrogens is 2. The highest BCUT2D eigenvalue weighted by molar-refractivity contribution is 6.30. The molecule has 0 aliphatic rings. The van der Waals surface area contributed by atoms with Crippen LogP contribution in [-0.2, 0) is 6.42 Å². The third kappa shape index (κ3) is 2.58. The van der Waals surface area contributed by atoms with Crippen molar-refractivity contribution in [2.24, 2.45) is 0 Å². The molecule has 100 valence electrons. The SMILES string of the molecule is COc1cccc2cnc(Cc3ccc(Cl)cc3)nc12. The van der Waals surface area contributed by atoms with Crippen molar-refractivity contribution >= 4 is 22.5 Å². The van der Waals surface area contributed by atoms with Gasteiger partial charge in [-0.3, -0.25) is 0 Å². The maximum Gasteiger partial charge on any atom is 0.145 e. The molecule has 3 aromatic rings. The fourth-order valence-electron chi connectivity index (χ4n) is 2.10. The van der Waals surface area contributed by atoms with Crippen molar-refractivity contribution in [1.82, 2.24) is 9.97 Å². The molecular weight excluding hydrogens is 272 g/mol. The number of benzene rings is 2. The van der Waals surface area contributed by atoms with Crippen LogP contribution in [0.4, 0.5) is 0 Å². The van der Waals surface area contributed by atoms with E-state index in [0.29, 0.717) is 6.42 Å².